The molecule has 0 unspecified atom stereocenters. The standard InChI is InChI=1S/C26H21N3O6/c1-9-11-3-6-28-19(11)16(25(34)21(9)30)15-13-5-8-29-20(13)17(26(35)24(15)33)14-12-4-7-27-18(12)10(2)22(31)23(14)32/h5-8,29-35H,3-4H2,1-2H3. The van der Waals surface area contributed by atoms with Crippen molar-refractivity contribution in [2.24, 2.45) is 9.98 Å². The van der Waals surface area contributed by atoms with Crippen LogP contribution in [0.25, 0.3) is 33.2 Å². The monoisotopic (exact) mass is 471 g/mol. The van der Waals surface area contributed by atoms with E-state index >= 15 is 0 Å². The third-order valence-corrected chi connectivity index (χ3v) is 7.05. The molecular weight excluding hydrogens is 450 g/mol. The molecule has 6 rings (SSSR count). The average molecular weight is 471 g/mol. The summed E-state index contributed by atoms with van der Waals surface area (Å²) in [4.78, 5) is 11.7. The van der Waals surface area contributed by atoms with E-state index < -0.39 is 23.0 Å². The van der Waals surface area contributed by atoms with Crippen molar-refractivity contribution in [1.29, 1.82) is 0 Å². The second-order valence-electron chi connectivity index (χ2n) is 8.79. The molecule has 3 aromatic carbocycles. The Labute approximate surface area is 198 Å². The zero-order valence-electron chi connectivity index (χ0n) is 18.8. The van der Waals surface area contributed by atoms with Crippen molar-refractivity contribution in [1.82, 2.24) is 4.98 Å². The molecule has 0 aliphatic carbocycles. The van der Waals surface area contributed by atoms with Crippen molar-refractivity contribution >= 4 is 34.7 Å². The summed E-state index contributed by atoms with van der Waals surface area (Å²) in [6, 6.07) is 1.65. The van der Waals surface area contributed by atoms with Crippen LogP contribution in [-0.4, -0.2) is 48.1 Å². The Morgan fingerprint density at radius 1 is 0.629 bits per heavy atom. The molecule has 0 saturated heterocycles. The Morgan fingerprint density at radius 3 is 1.94 bits per heavy atom. The summed E-state index contributed by atoms with van der Waals surface area (Å²) in [7, 11) is 0. The Hall–Kier alpha value is -4.66. The van der Waals surface area contributed by atoms with E-state index in [4.69, 9.17) is 0 Å². The van der Waals surface area contributed by atoms with Crippen molar-refractivity contribution in [3.05, 3.63) is 34.5 Å². The third-order valence-electron chi connectivity index (χ3n) is 7.05. The van der Waals surface area contributed by atoms with Crippen LogP contribution in [0, 0.1) is 13.8 Å². The molecular formula is C26H21N3O6. The van der Waals surface area contributed by atoms with Gasteiger partial charge in [-0.15, -0.1) is 0 Å². The van der Waals surface area contributed by atoms with Crippen LogP contribution in [0.1, 0.15) is 22.3 Å². The summed E-state index contributed by atoms with van der Waals surface area (Å²) in [6.45, 7) is 3.31. The van der Waals surface area contributed by atoms with E-state index in [-0.39, 0.29) is 33.8 Å². The van der Waals surface area contributed by atoms with Gasteiger partial charge in [0.25, 0.3) is 0 Å². The molecule has 0 spiro atoms. The van der Waals surface area contributed by atoms with Crippen LogP contribution in [0.5, 0.6) is 34.5 Å². The largest absolute Gasteiger partial charge is 0.504 e. The number of fused-ring (bicyclic) bond motifs is 3. The second-order valence-corrected chi connectivity index (χ2v) is 8.79. The molecule has 0 atom stereocenters. The first kappa shape index (κ1) is 20.9. The molecule has 176 valence electrons. The van der Waals surface area contributed by atoms with Gasteiger partial charge in [-0.3, -0.25) is 9.98 Å². The van der Waals surface area contributed by atoms with Gasteiger partial charge in [0.1, 0.15) is 0 Å². The summed E-state index contributed by atoms with van der Waals surface area (Å²) >= 11 is 0. The maximum absolute atomic E-state index is 11.3. The molecule has 1 aromatic heterocycles. The number of hydrogen-bond acceptors (Lipinski definition) is 8. The SMILES string of the molecule is Cc1c(O)c(O)c(-c2c(O)c(O)c(-c3c(O)c(O)c(C)c4c3CC=N4)c3[nH]ccc23)c2c1CC=N2. The first-order valence-electron chi connectivity index (χ1n) is 11.0. The Morgan fingerprint density at radius 2 is 1.20 bits per heavy atom. The lowest BCUT2D eigenvalue weighted by Gasteiger charge is -2.20. The van der Waals surface area contributed by atoms with E-state index in [1.807, 2.05) is 0 Å². The molecule has 2 aliphatic heterocycles. The first-order chi connectivity index (χ1) is 16.7. The lowest BCUT2D eigenvalue weighted by atomic mass is 9.87. The number of phenolic OH excluding ortho intramolecular Hbond substituents is 6. The Balaban J connectivity index is 1.75. The molecule has 0 saturated carbocycles. The molecule has 0 fully saturated rings. The highest BCUT2D eigenvalue weighted by Crippen LogP contribution is 2.59. The number of phenols is 6. The van der Waals surface area contributed by atoms with E-state index in [1.54, 1.807) is 38.5 Å². The summed E-state index contributed by atoms with van der Waals surface area (Å²) in [5, 5.41) is 66.0. The summed E-state index contributed by atoms with van der Waals surface area (Å²) in [5.74, 6) is -2.73. The van der Waals surface area contributed by atoms with E-state index in [1.165, 1.54) is 0 Å². The van der Waals surface area contributed by atoms with Crippen LogP contribution in [0.3, 0.4) is 0 Å². The first-order valence-corrected chi connectivity index (χ1v) is 11.0. The Bertz CT molecular complexity index is 1680. The molecule has 9 nitrogen and oxygen atoms in total. The van der Waals surface area contributed by atoms with Crippen LogP contribution >= 0.6 is 0 Å². The van der Waals surface area contributed by atoms with Crippen LogP contribution in [0.2, 0.25) is 0 Å². The summed E-state index contributed by atoms with van der Waals surface area (Å²) in [5.41, 5.74) is 3.82. The van der Waals surface area contributed by atoms with Gasteiger partial charge in [-0.05, 0) is 31.0 Å². The quantitative estimate of drug-likeness (QED) is 0.206. The van der Waals surface area contributed by atoms with Gasteiger partial charge in [0, 0.05) is 59.1 Å². The van der Waals surface area contributed by atoms with Crippen molar-refractivity contribution in [3.8, 4) is 56.8 Å². The van der Waals surface area contributed by atoms with E-state index in [9.17, 15) is 30.6 Å². The lowest BCUT2D eigenvalue weighted by molar-refractivity contribution is 0.397. The fourth-order valence-electron chi connectivity index (χ4n) is 5.27. The minimum absolute atomic E-state index is 0.0781. The van der Waals surface area contributed by atoms with Crippen molar-refractivity contribution in [3.63, 3.8) is 0 Å². The normalized spacial score (nSPS) is 13.7. The van der Waals surface area contributed by atoms with Gasteiger partial charge in [0.05, 0.1) is 28.0 Å². The fourth-order valence-corrected chi connectivity index (χ4v) is 5.27. The number of aromatic hydroxyl groups is 6. The zero-order valence-corrected chi connectivity index (χ0v) is 18.8. The number of hydrogen-bond donors (Lipinski definition) is 7. The van der Waals surface area contributed by atoms with Crippen molar-refractivity contribution in [2.75, 3.05) is 0 Å². The zero-order chi connectivity index (χ0) is 24.8. The number of rotatable bonds is 2. The molecule has 9 heteroatoms. The minimum atomic E-state index is -0.571. The maximum Gasteiger partial charge on any atom is 0.168 e. The predicted molar refractivity (Wildman–Crippen MR) is 132 cm³/mol. The average Bonchev–Trinajstić information content (AvgIpc) is 3.61. The van der Waals surface area contributed by atoms with Gasteiger partial charge >= 0.3 is 0 Å². The molecule has 2 aliphatic rings. The molecule has 3 heterocycles. The van der Waals surface area contributed by atoms with Gasteiger partial charge in [0.15, 0.2) is 34.5 Å². The van der Waals surface area contributed by atoms with Gasteiger partial charge in [-0.1, -0.05) is 0 Å². The molecule has 35 heavy (non-hydrogen) atoms. The number of aromatic nitrogens is 1. The van der Waals surface area contributed by atoms with Gasteiger partial charge in [0.2, 0.25) is 0 Å². The predicted octanol–water partition coefficient (Wildman–Crippen LogP) is 4.87. The highest BCUT2D eigenvalue weighted by atomic mass is 16.3. The van der Waals surface area contributed by atoms with Crippen molar-refractivity contribution < 1.29 is 30.6 Å². The number of benzene rings is 3. The molecule has 7 N–H and O–H groups in total. The number of aliphatic imine (C=N–C) groups is 2. The van der Waals surface area contributed by atoms with Crippen LogP contribution < -0.4 is 0 Å². The topological polar surface area (TPSA) is 162 Å². The van der Waals surface area contributed by atoms with Gasteiger partial charge in [-0.25, -0.2) is 0 Å². The maximum atomic E-state index is 11.3. The van der Waals surface area contributed by atoms with Crippen LogP contribution in [0.4, 0.5) is 11.4 Å². The highest BCUT2D eigenvalue weighted by Gasteiger charge is 2.33. The molecule has 0 radical (unpaired) electrons. The number of nitrogens with zero attached hydrogens (tertiary/aromatic N) is 2. The van der Waals surface area contributed by atoms with E-state index in [0.29, 0.717) is 57.4 Å². The number of aromatic amines is 1. The summed E-state index contributed by atoms with van der Waals surface area (Å²) < 4.78 is 0. The van der Waals surface area contributed by atoms with Crippen molar-refractivity contribution in [2.45, 2.75) is 26.7 Å². The lowest BCUT2D eigenvalue weighted by Crippen LogP contribution is -1.96. The minimum Gasteiger partial charge on any atom is -0.504 e. The van der Waals surface area contributed by atoms with E-state index in [0.717, 1.165) is 0 Å². The fraction of sp³-hybridized carbons (Fsp3) is 0.154. The van der Waals surface area contributed by atoms with Crippen LogP contribution in [-0.2, 0) is 12.8 Å². The number of H-pyrrole nitrogens is 1. The van der Waals surface area contributed by atoms with Crippen LogP contribution in [0.15, 0.2) is 22.2 Å². The summed E-state index contributed by atoms with van der Waals surface area (Å²) in [6.07, 6.45) is 5.69. The van der Waals surface area contributed by atoms with E-state index in [2.05, 4.69) is 15.0 Å². The highest BCUT2D eigenvalue weighted by molar-refractivity contribution is 6.14. The number of nitrogens with one attached hydrogen (secondary N) is 1. The van der Waals surface area contributed by atoms with Gasteiger partial charge in [-0.2, -0.15) is 0 Å². The second kappa shape index (κ2) is 6.92. The molecule has 4 aromatic rings. The van der Waals surface area contributed by atoms with Gasteiger partial charge < -0.3 is 35.6 Å². The molecule has 0 bridgehead atoms. The molecule has 0 amide bonds. The Kier molecular flexibility index (Phi) is 4.14. The smallest absolute Gasteiger partial charge is 0.168 e. The third kappa shape index (κ3) is 2.52.